The van der Waals surface area contributed by atoms with E-state index in [0.717, 1.165) is 13.0 Å². The van der Waals surface area contributed by atoms with Crippen molar-refractivity contribution in [2.75, 3.05) is 13.3 Å². The second-order valence-electron chi connectivity index (χ2n) is 1.07. The van der Waals surface area contributed by atoms with Crippen molar-refractivity contribution in [3.8, 4) is 0 Å². The van der Waals surface area contributed by atoms with Gasteiger partial charge in [0, 0.05) is 6.61 Å². The van der Waals surface area contributed by atoms with Crippen molar-refractivity contribution in [2.24, 2.45) is 5.73 Å². The van der Waals surface area contributed by atoms with E-state index in [1.165, 1.54) is 0 Å². The van der Waals surface area contributed by atoms with E-state index in [9.17, 15) is 0 Å². The summed E-state index contributed by atoms with van der Waals surface area (Å²) in [6.45, 7) is 3.19. The third kappa shape index (κ3) is 3.92. The van der Waals surface area contributed by atoms with Crippen LogP contribution in [-0.2, 0) is 4.74 Å². The van der Waals surface area contributed by atoms with Crippen LogP contribution in [0, 0.1) is 0 Å². The molecule has 38 valence electrons. The Balaban J connectivity index is 2.34. The summed E-state index contributed by atoms with van der Waals surface area (Å²) >= 11 is 0. The Bertz CT molecular complexity index is 19.5. The fourth-order valence-corrected chi connectivity index (χ4v) is 0.228. The molecule has 0 fully saturated rings. The number of rotatable bonds is 3. The molecular weight excluding hydrogens is 78.1 g/mol. The minimum Gasteiger partial charge on any atom is -0.367 e. The molecule has 0 rings (SSSR count). The summed E-state index contributed by atoms with van der Waals surface area (Å²) in [5.41, 5.74) is 4.99. The SMILES string of the molecule is CCCOCN. The van der Waals surface area contributed by atoms with Crippen LogP contribution < -0.4 is 5.73 Å². The first-order chi connectivity index (χ1) is 2.91. The summed E-state index contributed by atoms with van der Waals surface area (Å²) in [4.78, 5) is 0. The van der Waals surface area contributed by atoms with Gasteiger partial charge < -0.3 is 10.5 Å². The summed E-state index contributed by atoms with van der Waals surface area (Å²) in [5, 5.41) is 0. The van der Waals surface area contributed by atoms with E-state index < -0.39 is 0 Å². The van der Waals surface area contributed by atoms with Crippen LogP contribution in [0.15, 0.2) is 0 Å². The van der Waals surface area contributed by atoms with Gasteiger partial charge in [0.05, 0.1) is 6.73 Å². The molecule has 0 aliphatic rings. The number of hydrogen-bond acceptors (Lipinski definition) is 2. The van der Waals surface area contributed by atoms with Crippen LogP contribution in [0.3, 0.4) is 0 Å². The Morgan fingerprint density at radius 2 is 2.33 bits per heavy atom. The lowest BCUT2D eigenvalue weighted by molar-refractivity contribution is 0.141. The molecule has 2 nitrogen and oxygen atoms in total. The molecule has 2 N–H and O–H groups in total. The van der Waals surface area contributed by atoms with Crippen molar-refractivity contribution < 1.29 is 4.74 Å². The molecule has 2 heteroatoms. The summed E-state index contributed by atoms with van der Waals surface area (Å²) in [7, 11) is 0. The molecule has 0 amide bonds. The number of hydrogen-bond donors (Lipinski definition) is 1. The van der Waals surface area contributed by atoms with Gasteiger partial charge in [-0.2, -0.15) is 0 Å². The average Bonchev–Trinajstić information content (AvgIpc) is 1.61. The first-order valence-electron chi connectivity index (χ1n) is 2.19. The summed E-state index contributed by atoms with van der Waals surface area (Å²) < 4.78 is 4.76. The van der Waals surface area contributed by atoms with Gasteiger partial charge in [-0.25, -0.2) is 0 Å². The second-order valence-corrected chi connectivity index (χ2v) is 1.07. The Kier molecular flexibility index (Phi) is 4.85. The second kappa shape index (κ2) is 4.92. The highest BCUT2D eigenvalue weighted by Crippen LogP contribution is 1.73. The number of nitrogens with two attached hydrogens (primary N) is 1. The summed E-state index contributed by atoms with van der Waals surface area (Å²) in [5.74, 6) is 0. The zero-order valence-corrected chi connectivity index (χ0v) is 4.11. The standard InChI is InChI=1S/C4H11NO/c1-2-3-6-4-5/h2-5H2,1H3. The van der Waals surface area contributed by atoms with E-state index >= 15 is 0 Å². The van der Waals surface area contributed by atoms with Crippen LogP contribution in [-0.4, -0.2) is 13.3 Å². The fourth-order valence-electron chi connectivity index (χ4n) is 0.228. The summed E-state index contributed by atoms with van der Waals surface area (Å²) in [6.07, 6.45) is 1.05. The van der Waals surface area contributed by atoms with Crippen molar-refractivity contribution in [1.82, 2.24) is 0 Å². The van der Waals surface area contributed by atoms with E-state index in [-0.39, 0.29) is 0 Å². The van der Waals surface area contributed by atoms with Gasteiger partial charge in [0.15, 0.2) is 0 Å². The van der Waals surface area contributed by atoms with E-state index in [4.69, 9.17) is 10.5 Å². The van der Waals surface area contributed by atoms with Gasteiger partial charge in [-0.15, -0.1) is 0 Å². The smallest absolute Gasteiger partial charge is 0.0940 e. The maximum Gasteiger partial charge on any atom is 0.0940 e. The Morgan fingerprint density at radius 1 is 1.67 bits per heavy atom. The molecule has 0 unspecified atom stereocenters. The lowest BCUT2D eigenvalue weighted by Gasteiger charge is -1.91. The van der Waals surface area contributed by atoms with E-state index in [1.807, 2.05) is 0 Å². The first kappa shape index (κ1) is 5.92. The van der Waals surface area contributed by atoms with E-state index in [2.05, 4.69) is 6.92 Å². The van der Waals surface area contributed by atoms with Gasteiger partial charge in [-0.3, -0.25) is 0 Å². The number of ether oxygens (including phenoxy) is 1. The molecular formula is C4H11NO. The average molecular weight is 89.1 g/mol. The monoisotopic (exact) mass is 89.1 g/mol. The van der Waals surface area contributed by atoms with Crippen LogP contribution in [0.1, 0.15) is 13.3 Å². The van der Waals surface area contributed by atoms with Gasteiger partial charge in [0.2, 0.25) is 0 Å². The third-order valence-electron chi connectivity index (χ3n) is 0.466. The van der Waals surface area contributed by atoms with Crippen LogP contribution in [0.4, 0.5) is 0 Å². The lowest BCUT2D eigenvalue weighted by Crippen LogP contribution is -2.04. The Labute approximate surface area is 38.3 Å². The Morgan fingerprint density at radius 3 is 2.50 bits per heavy atom. The minimum absolute atomic E-state index is 0.355. The van der Waals surface area contributed by atoms with Crippen LogP contribution >= 0.6 is 0 Å². The maximum absolute atomic E-state index is 4.99. The van der Waals surface area contributed by atoms with Gasteiger partial charge in [-0.1, -0.05) is 6.92 Å². The molecule has 0 aromatic carbocycles. The van der Waals surface area contributed by atoms with Crippen molar-refractivity contribution in [2.45, 2.75) is 13.3 Å². The molecule has 0 aliphatic heterocycles. The first-order valence-corrected chi connectivity index (χ1v) is 2.19. The quantitative estimate of drug-likeness (QED) is 0.399. The molecule has 0 atom stereocenters. The molecule has 0 radical (unpaired) electrons. The molecule has 0 aromatic rings. The molecule has 0 heterocycles. The molecule has 0 saturated heterocycles. The Hall–Kier alpha value is -0.0800. The van der Waals surface area contributed by atoms with Gasteiger partial charge >= 0.3 is 0 Å². The largest absolute Gasteiger partial charge is 0.367 e. The topological polar surface area (TPSA) is 35.2 Å². The zero-order chi connectivity index (χ0) is 4.83. The third-order valence-corrected chi connectivity index (χ3v) is 0.466. The van der Waals surface area contributed by atoms with Crippen LogP contribution in [0.25, 0.3) is 0 Å². The highest BCUT2D eigenvalue weighted by molar-refractivity contribution is 4.18. The van der Waals surface area contributed by atoms with Crippen molar-refractivity contribution >= 4 is 0 Å². The van der Waals surface area contributed by atoms with Gasteiger partial charge in [-0.05, 0) is 6.42 Å². The summed E-state index contributed by atoms with van der Waals surface area (Å²) in [6, 6.07) is 0. The predicted molar refractivity (Wildman–Crippen MR) is 25.3 cm³/mol. The maximum atomic E-state index is 4.99. The van der Waals surface area contributed by atoms with Crippen LogP contribution in [0.2, 0.25) is 0 Å². The fraction of sp³-hybridized carbons (Fsp3) is 1.00. The molecule has 0 saturated carbocycles. The van der Waals surface area contributed by atoms with Gasteiger partial charge in [0.25, 0.3) is 0 Å². The van der Waals surface area contributed by atoms with Crippen molar-refractivity contribution in [3.63, 3.8) is 0 Å². The molecule has 0 spiro atoms. The van der Waals surface area contributed by atoms with E-state index in [1.54, 1.807) is 0 Å². The molecule has 0 bridgehead atoms. The lowest BCUT2D eigenvalue weighted by atomic mass is 10.5. The molecule has 6 heavy (non-hydrogen) atoms. The normalized spacial score (nSPS) is 9.00. The van der Waals surface area contributed by atoms with Crippen molar-refractivity contribution in [1.29, 1.82) is 0 Å². The highest BCUT2D eigenvalue weighted by Gasteiger charge is 1.72. The molecule has 0 aromatic heterocycles. The predicted octanol–water partition coefficient (Wildman–Crippen LogP) is 0.329. The zero-order valence-electron chi connectivity index (χ0n) is 4.11. The molecule has 0 aliphatic carbocycles. The van der Waals surface area contributed by atoms with Gasteiger partial charge in [0.1, 0.15) is 0 Å². The van der Waals surface area contributed by atoms with E-state index in [0.29, 0.717) is 6.73 Å². The van der Waals surface area contributed by atoms with Crippen LogP contribution in [0.5, 0.6) is 0 Å². The highest BCUT2D eigenvalue weighted by atomic mass is 16.5. The van der Waals surface area contributed by atoms with Crippen molar-refractivity contribution in [3.05, 3.63) is 0 Å². The minimum atomic E-state index is 0.355.